The minimum absolute atomic E-state index is 0.130. The fourth-order valence-corrected chi connectivity index (χ4v) is 2.89. The van der Waals surface area contributed by atoms with Crippen LogP contribution >= 0.6 is 0 Å². The zero-order valence-electron chi connectivity index (χ0n) is 11.3. The number of nitrogens with one attached hydrogen (secondary N) is 1. The highest BCUT2D eigenvalue weighted by atomic mass is 16.5. The first-order chi connectivity index (χ1) is 10.2. The Hall–Kier alpha value is -2.15. The second-order valence-corrected chi connectivity index (χ2v) is 5.75. The maximum Gasteiger partial charge on any atom is 0.256 e. The lowest BCUT2D eigenvalue weighted by Gasteiger charge is -2.41. The van der Waals surface area contributed by atoms with Crippen molar-refractivity contribution in [1.29, 1.82) is 0 Å². The van der Waals surface area contributed by atoms with E-state index in [9.17, 15) is 9.90 Å². The Morgan fingerprint density at radius 3 is 3.00 bits per heavy atom. The Kier molecular flexibility index (Phi) is 2.81. The molecule has 0 spiro atoms. The highest BCUT2D eigenvalue weighted by Crippen LogP contribution is 2.41. The zero-order valence-corrected chi connectivity index (χ0v) is 11.3. The van der Waals surface area contributed by atoms with E-state index in [1.165, 1.54) is 6.26 Å². The molecule has 2 fully saturated rings. The Morgan fingerprint density at radius 1 is 1.48 bits per heavy atom. The van der Waals surface area contributed by atoms with Crippen LogP contribution in [0.15, 0.2) is 29.2 Å². The highest BCUT2D eigenvalue weighted by molar-refractivity contribution is 5.95. The maximum absolute atomic E-state index is 12.4. The van der Waals surface area contributed by atoms with Crippen LogP contribution in [0, 0.1) is 0 Å². The number of carbonyl (C=O) groups is 1. The fourth-order valence-electron chi connectivity index (χ4n) is 2.89. The van der Waals surface area contributed by atoms with Gasteiger partial charge in [0, 0.05) is 18.3 Å². The molecule has 0 bridgehead atoms. The van der Waals surface area contributed by atoms with Crippen LogP contribution < -0.4 is 5.32 Å². The molecule has 2 aromatic rings. The molecule has 21 heavy (non-hydrogen) atoms. The number of aliphatic hydroxyl groups excluding tert-OH is 1. The van der Waals surface area contributed by atoms with E-state index in [0.717, 1.165) is 18.5 Å². The number of hydrogen-bond donors (Lipinski definition) is 2. The highest BCUT2D eigenvalue weighted by Gasteiger charge is 2.43. The molecule has 4 rings (SSSR count). The molecule has 0 aliphatic heterocycles. The van der Waals surface area contributed by atoms with Crippen LogP contribution in [0.1, 0.15) is 47.3 Å². The number of carbonyl (C=O) groups excluding carboxylic acids is 1. The molecule has 3 atom stereocenters. The molecule has 2 saturated carbocycles. The van der Waals surface area contributed by atoms with Crippen molar-refractivity contribution in [2.24, 2.45) is 0 Å². The summed E-state index contributed by atoms with van der Waals surface area (Å²) >= 11 is 0. The molecule has 2 heterocycles. The second-order valence-electron chi connectivity index (χ2n) is 5.75. The zero-order chi connectivity index (χ0) is 14.4. The quantitative estimate of drug-likeness (QED) is 0.870. The molecular weight excluding hydrogens is 272 g/mol. The monoisotopic (exact) mass is 288 g/mol. The van der Waals surface area contributed by atoms with Crippen LogP contribution in [0.4, 0.5) is 0 Å². The fraction of sp³-hybridized carbons (Fsp3) is 0.500. The Morgan fingerprint density at radius 2 is 2.33 bits per heavy atom. The standard InChI is InChI=1S/C14H16N4O3/c19-11-6-10(13(11)18-5-1-4-15-18)16-14(20)9-7-21-17-12(9)8-2-3-8/h1,4-5,7-8,10-11,13,19H,2-3,6H2,(H,16,20)/t10-,11+,13+/m0/s1. The topological polar surface area (TPSA) is 93.2 Å². The number of amides is 1. The molecule has 2 N–H and O–H groups in total. The second kappa shape index (κ2) is 4.70. The molecular formula is C14H16N4O3. The minimum atomic E-state index is -0.486. The molecule has 7 heteroatoms. The van der Waals surface area contributed by atoms with E-state index in [2.05, 4.69) is 15.6 Å². The molecule has 0 radical (unpaired) electrons. The summed E-state index contributed by atoms with van der Waals surface area (Å²) in [6.07, 6.45) is 7.02. The van der Waals surface area contributed by atoms with E-state index < -0.39 is 6.10 Å². The normalized spacial score (nSPS) is 28.1. The van der Waals surface area contributed by atoms with E-state index in [-0.39, 0.29) is 18.0 Å². The molecule has 2 aliphatic carbocycles. The van der Waals surface area contributed by atoms with Crippen LogP contribution in [0.5, 0.6) is 0 Å². The van der Waals surface area contributed by atoms with E-state index in [0.29, 0.717) is 17.9 Å². The summed E-state index contributed by atoms with van der Waals surface area (Å²) in [5, 5.41) is 20.9. The van der Waals surface area contributed by atoms with Crippen molar-refractivity contribution >= 4 is 5.91 Å². The summed E-state index contributed by atoms with van der Waals surface area (Å²) in [6, 6.07) is 1.46. The predicted octanol–water partition coefficient (Wildman–Crippen LogP) is 0.853. The molecule has 1 amide bonds. The van der Waals surface area contributed by atoms with Crippen LogP contribution in [0.25, 0.3) is 0 Å². The molecule has 2 aliphatic rings. The average molecular weight is 288 g/mol. The largest absolute Gasteiger partial charge is 0.391 e. The lowest BCUT2D eigenvalue weighted by atomic mass is 9.83. The van der Waals surface area contributed by atoms with Gasteiger partial charge < -0.3 is 14.9 Å². The van der Waals surface area contributed by atoms with Crippen molar-refractivity contribution in [3.05, 3.63) is 36.0 Å². The smallest absolute Gasteiger partial charge is 0.256 e. The molecule has 0 aromatic carbocycles. The summed E-state index contributed by atoms with van der Waals surface area (Å²) < 4.78 is 6.63. The molecule has 110 valence electrons. The maximum atomic E-state index is 12.4. The average Bonchev–Trinajstić information content (AvgIpc) is 2.97. The van der Waals surface area contributed by atoms with Gasteiger partial charge in [-0.3, -0.25) is 9.48 Å². The number of aromatic nitrogens is 3. The van der Waals surface area contributed by atoms with Gasteiger partial charge >= 0.3 is 0 Å². The van der Waals surface area contributed by atoms with E-state index in [1.54, 1.807) is 23.1 Å². The summed E-state index contributed by atoms with van der Waals surface area (Å²) in [5.74, 6) is 0.172. The third-order valence-electron chi connectivity index (χ3n) is 4.25. The van der Waals surface area contributed by atoms with Crippen LogP contribution in [0.3, 0.4) is 0 Å². The van der Waals surface area contributed by atoms with Gasteiger partial charge in [-0.2, -0.15) is 5.10 Å². The number of nitrogens with zero attached hydrogens (tertiary/aromatic N) is 3. The number of aliphatic hydroxyl groups is 1. The van der Waals surface area contributed by atoms with Crippen molar-refractivity contribution in [3.63, 3.8) is 0 Å². The molecule has 2 aromatic heterocycles. The minimum Gasteiger partial charge on any atom is -0.391 e. The van der Waals surface area contributed by atoms with Gasteiger partial charge in [-0.15, -0.1) is 0 Å². The van der Waals surface area contributed by atoms with Gasteiger partial charge in [0.2, 0.25) is 0 Å². The summed E-state index contributed by atoms with van der Waals surface area (Å²) in [6.45, 7) is 0. The van der Waals surface area contributed by atoms with E-state index in [4.69, 9.17) is 4.52 Å². The predicted molar refractivity (Wildman–Crippen MR) is 71.6 cm³/mol. The molecule has 0 unspecified atom stereocenters. The first kappa shape index (κ1) is 12.6. The third kappa shape index (κ3) is 2.13. The lowest BCUT2D eigenvalue weighted by Crippen LogP contribution is -2.56. The van der Waals surface area contributed by atoms with Gasteiger partial charge in [-0.25, -0.2) is 0 Å². The van der Waals surface area contributed by atoms with Crippen molar-refractivity contribution < 1.29 is 14.4 Å². The lowest BCUT2D eigenvalue weighted by molar-refractivity contribution is -0.00590. The first-order valence-electron chi connectivity index (χ1n) is 7.16. The van der Waals surface area contributed by atoms with Crippen LogP contribution in [-0.2, 0) is 0 Å². The van der Waals surface area contributed by atoms with Gasteiger partial charge in [-0.05, 0) is 25.3 Å². The van der Waals surface area contributed by atoms with Gasteiger partial charge in [0.15, 0.2) is 0 Å². The van der Waals surface area contributed by atoms with Crippen molar-refractivity contribution in [1.82, 2.24) is 20.3 Å². The molecule has 7 nitrogen and oxygen atoms in total. The Labute approximate surface area is 120 Å². The Balaban J connectivity index is 1.48. The summed E-state index contributed by atoms with van der Waals surface area (Å²) in [7, 11) is 0. The number of rotatable bonds is 4. The van der Waals surface area contributed by atoms with Crippen LogP contribution in [0.2, 0.25) is 0 Å². The van der Waals surface area contributed by atoms with E-state index >= 15 is 0 Å². The van der Waals surface area contributed by atoms with E-state index in [1.807, 2.05) is 0 Å². The van der Waals surface area contributed by atoms with Gasteiger partial charge in [0.25, 0.3) is 5.91 Å². The van der Waals surface area contributed by atoms with Crippen molar-refractivity contribution in [2.75, 3.05) is 0 Å². The summed E-state index contributed by atoms with van der Waals surface area (Å²) in [5.41, 5.74) is 1.26. The van der Waals surface area contributed by atoms with Crippen LogP contribution in [-0.4, -0.2) is 38.1 Å². The SMILES string of the molecule is O=C(N[C@H]1C[C@@H](O)[C@@H]1n1cccn1)c1conc1C1CC1. The number of hydrogen-bond acceptors (Lipinski definition) is 5. The Bertz CT molecular complexity index is 647. The van der Waals surface area contributed by atoms with Gasteiger partial charge in [0.05, 0.1) is 23.9 Å². The van der Waals surface area contributed by atoms with Crippen molar-refractivity contribution in [2.45, 2.75) is 43.4 Å². The first-order valence-corrected chi connectivity index (χ1v) is 7.16. The summed E-state index contributed by atoms with van der Waals surface area (Å²) in [4.78, 5) is 12.4. The van der Waals surface area contributed by atoms with Gasteiger partial charge in [-0.1, -0.05) is 5.16 Å². The third-order valence-corrected chi connectivity index (χ3v) is 4.25. The van der Waals surface area contributed by atoms with Gasteiger partial charge in [0.1, 0.15) is 11.8 Å². The molecule has 0 saturated heterocycles. The van der Waals surface area contributed by atoms with Crippen molar-refractivity contribution in [3.8, 4) is 0 Å².